The summed E-state index contributed by atoms with van der Waals surface area (Å²) in [5, 5.41) is 6.21. The van der Waals surface area contributed by atoms with Crippen LogP contribution in [-0.2, 0) is 10.2 Å². The molecule has 1 rings (SSSR count). The predicted molar refractivity (Wildman–Crippen MR) is 54.7 cm³/mol. The lowest BCUT2D eigenvalue weighted by molar-refractivity contribution is -0.121. The lowest BCUT2D eigenvalue weighted by Crippen LogP contribution is -2.37. The van der Waals surface area contributed by atoms with E-state index in [4.69, 9.17) is 0 Å². The number of anilines is 1. The Labute approximate surface area is 95.8 Å². The number of aryl methyl sites for hydroxylation is 2. The van der Waals surface area contributed by atoms with Crippen LogP contribution in [0.4, 0.5) is 18.9 Å². The van der Waals surface area contributed by atoms with E-state index in [1.165, 1.54) is 11.6 Å². The summed E-state index contributed by atoms with van der Waals surface area (Å²) < 4.78 is 61.5. The van der Waals surface area contributed by atoms with Crippen LogP contribution in [0.1, 0.15) is 11.4 Å². The molecule has 0 unspecified atom stereocenters. The minimum absolute atomic E-state index is 0.139. The number of aromatic nitrogens is 2. The Morgan fingerprint density at radius 3 is 2.35 bits per heavy atom. The van der Waals surface area contributed by atoms with Crippen LogP contribution in [0.2, 0.25) is 0 Å². The molecule has 0 saturated carbocycles. The van der Waals surface area contributed by atoms with Crippen molar-refractivity contribution in [3.63, 3.8) is 0 Å². The predicted octanol–water partition coefficient (Wildman–Crippen LogP) is 0.835. The van der Waals surface area contributed by atoms with Crippen molar-refractivity contribution >= 4 is 15.9 Å². The standard InChI is InChI=1S/C7H11F3N4O2S/c1-4-6(5(2)13-12-4)14-17(15,16)11-3-7(8,9)10/h11,14H,3H2,1-2H3,(H,12,13). The Hall–Kier alpha value is -1.29. The Morgan fingerprint density at radius 1 is 1.35 bits per heavy atom. The molecule has 1 aromatic rings. The van der Waals surface area contributed by atoms with Gasteiger partial charge in [0.1, 0.15) is 6.54 Å². The fourth-order valence-corrected chi connectivity index (χ4v) is 2.04. The van der Waals surface area contributed by atoms with Crippen molar-refractivity contribution in [3.8, 4) is 0 Å². The first-order chi connectivity index (χ1) is 7.61. The minimum Gasteiger partial charge on any atom is -0.280 e. The third kappa shape index (κ3) is 4.23. The molecule has 1 heterocycles. The Morgan fingerprint density at radius 2 is 1.94 bits per heavy atom. The molecule has 0 aliphatic heterocycles. The van der Waals surface area contributed by atoms with E-state index in [-0.39, 0.29) is 5.69 Å². The molecular weight excluding hydrogens is 261 g/mol. The molecule has 0 fully saturated rings. The summed E-state index contributed by atoms with van der Waals surface area (Å²) in [6, 6.07) is 0. The third-order valence-electron chi connectivity index (χ3n) is 1.83. The summed E-state index contributed by atoms with van der Waals surface area (Å²) in [4.78, 5) is 0. The maximum absolute atomic E-state index is 11.9. The van der Waals surface area contributed by atoms with E-state index < -0.39 is 22.9 Å². The first-order valence-electron chi connectivity index (χ1n) is 4.46. The maximum Gasteiger partial charge on any atom is 0.402 e. The molecule has 10 heteroatoms. The first-order valence-corrected chi connectivity index (χ1v) is 5.95. The zero-order valence-electron chi connectivity index (χ0n) is 9.01. The number of H-pyrrole nitrogens is 1. The number of alkyl halides is 3. The Balaban J connectivity index is 2.74. The van der Waals surface area contributed by atoms with Crippen LogP contribution >= 0.6 is 0 Å². The summed E-state index contributed by atoms with van der Waals surface area (Å²) >= 11 is 0. The molecule has 0 bridgehead atoms. The molecule has 0 amide bonds. The summed E-state index contributed by atoms with van der Waals surface area (Å²) in [5.41, 5.74) is 0.902. The summed E-state index contributed by atoms with van der Waals surface area (Å²) in [6.07, 6.45) is -4.60. The second kappa shape index (κ2) is 4.53. The zero-order chi connectivity index (χ0) is 13.3. The molecule has 17 heavy (non-hydrogen) atoms. The van der Waals surface area contributed by atoms with Gasteiger partial charge in [-0.15, -0.1) is 0 Å². The molecule has 0 aliphatic rings. The van der Waals surface area contributed by atoms with Crippen LogP contribution in [0.5, 0.6) is 0 Å². The summed E-state index contributed by atoms with van der Waals surface area (Å²) in [5.74, 6) is 0. The van der Waals surface area contributed by atoms with Crippen molar-refractivity contribution < 1.29 is 21.6 Å². The van der Waals surface area contributed by atoms with E-state index in [2.05, 4.69) is 10.2 Å². The van der Waals surface area contributed by atoms with Gasteiger partial charge in [0.15, 0.2) is 0 Å². The summed E-state index contributed by atoms with van der Waals surface area (Å²) in [7, 11) is -4.26. The number of nitrogens with zero attached hydrogens (tertiary/aromatic N) is 1. The van der Waals surface area contributed by atoms with Crippen molar-refractivity contribution in [2.75, 3.05) is 11.3 Å². The highest BCUT2D eigenvalue weighted by atomic mass is 32.2. The normalized spacial score (nSPS) is 12.8. The third-order valence-corrected chi connectivity index (χ3v) is 2.82. The fraction of sp³-hybridized carbons (Fsp3) is 0.571. The van der Waals surface area contributed by atoms with E-state index in [1.54, 1.807) is 6.92 Å². The quantitative estimate of drug-likeness (QED) is 0.759. The van der Waals surface area contributed by atoms with E-state index in [0.29, 0.717) is 11.4 Å². The van der Waals surface area contributed by atoms with Gasteiger partial charge in [0.2, 0.25) is 0 Å². The van der Waals surface area contributed by atoms with Crippen LogP contribution in [0.15, 0.2) is 0 Å². The fourth-order valence-electron chi connectivity index (χ4n) is 1.05. The molecule has 0 atom stereocenters. The Kier molecular flexibility index (Phi) is 3.67. The van der Waals surface area contributed by atoms with E-state index in [1.807, 2.05) is 4.72 Å². The van der Waals surface area contributed by atoms with Crippen LogP contribution in [-0.4, -0.2) is 31.3 Å². The molecule has 0 radical (unpaired) electrons. The van der Waals surface area contributed by atoms with E-state index >= 15 is 0 Å². The molecule has 6 nitrogen and oxygen atoms in total. The minimum atomic E-state index is -4.60. The molecule has 98 valence electrons. The van der Waals surface area contributed by atoms with Gasteiger partial charge in [0.05, 0.1) is 17.1 Å². The topological polar surface area (TPSA) is 86.9 Å². The van der Waals surface area contributed by atoms with Crippen molar-refractivity contribution in [2.45, 2.75) is 20.0 Å². The highest BCUT2D eigenvalue weighted by Crippen LogP contribution is 2.18. The van der Waals surface area contributed by atoms with E-state index in [9.17, 15) is 21.6 Å². The second-order valence-electron chi connectivity index (χ2n) is 3.35. The number of hydrogen-bond acceptors (Lipinski definition) is 3. The van der Waals surface area contributed by atoms with Crippen molar-refractivity contribution in [1.29, 1.82) is 0 Å². The first kappa shape index (κ1) is 13.8. The monoisotopic (exact) mass is 272 g/mol. The van der Waals surface area contributed by atoms with Gasteiger partial charge in [-0.2, -0.15) is 31.4 Å². The van der Waals surface area contributed by atoms with Crippen LogP contribution in [0.25, 0.3) is 0 Å². The van der Waals surface area contributed by atoms with Gasteiger partial charge in [-0.25, -0.2) is 0 Å². The molecule has 3 N–H and O–H groups in total. The molecule has 0 aliphatic carbocycles. The molecule has 0 aromatic carbocycles. The van der Waals surface area contributed by atoms with Gasteiger partial charge < -0.3 is 0 Å². The number of hydrogen-bond donors (Lipinski definition) is 3. The van der Waals surface area contributed by atoms with Crippen LogP contribution in [0.3, 0.4) is 0 Å². The largest absolute Gasteiger partial charge is 0.402 e. The smallest absolute Gasteiger partial charge is 0.280 e. The van der Waals surface area contributed by atoms with Gasteiger partial charge in [-0.1, -0.05) is 0 Å². The molecule has 1 aromatic heterocycles. The van der Waals surface area contributed by atoms with Crippen molar-refractivity contribution in [1.82, 2.24) is 14.9 Å². The second-order valence-corrected chi connectivity index (χ2v) is 4.85. The lowest BCUT2D eigenvalue weighted by Gasteiger charge is -2.11. The SMILES string of the molecule is Cc1n[nH]c(C)c1NS(=O)(=O)NCC(F)(F)F. The highest BCUT2D eigenvalue weighted by Gasteiger charge is 2.29. The lowest BCUT2D eigenvalue weighted by atomic mass is 10.3. The summed E-state index contributed by atoms with van der Waals surface area (Å²) in [6.45, 7) is 1.44. The molecule has 0 saturated heterocycles. The van der Waals surface area contributed by atoms with Gasteiger partial charge in [0.25, 0.3) is 10.2 Å². The van der Waals surface area contributed by atoms with Gasteiger partial charge in [0, 0.05) is 0 Å². The zero-order valence-corrected chi connectivity index (χ0v) is 9.83. The number of rotatable bonds is 4. The number of halogens is 3. The molecular formula is C7H11F3N4O2S. The molecule has 0 spiro atoms. The Bertz CT molecular complexity index is 474. The van der Waals surface area contributed by atoms with Gasteiger partial charge >= 0.3 is 6.18 Å². The van der Waals surface area contributed by atoms with Crippen molar-refractivity contribution in [2.24, 2.45) is 0 Å². The average Bonchev–Trinajstić information content (AvgIpc) is 2.45. The van der Waals surface area contributed by atoms with Crippen LogP contribution < -0.4 is 9.44 Å². The highest BCUT2D eigenvalue weighted by molar-refractivity contribution is 7.90. The average molecular weight is 272 g/mol. The van der Waals surface area contributed by atoms with E-state index in [0.717, 1.165) is 0 Å². The van der Waals surface area contributed by atoms with Gasteiger partial charge in [-0.05, 0) is 13.8 Å². The van der Waals surface area contributed by atoms with Crippen LogP contribution in [0, 0.1) is 13.8 Å². The van der Waals surface area contributed by atoms with Crippen molar-refractivity contribution in [3.05, 3.63) is 11.4 Å². The number of nitrogens with one attached hydrogen (secondary N) is 3. The number of aromatic amines is 1. The van der Waals surface area contributed by atoms with Gasteiger partial charge in [-0.3, -0.25) is 9.82 Å². The maximum atomic E-state index is 11.9.